The van der Waals surface area contributed by atoms with Crippen LogP contribution in [0.3, 0.4) is 0 Å². The van der Waals surface area contributed by atoms with Crippen LogP contribution in [-0.4, -0.2) is 35.2 Å². The molecule has 25 heavy (non-hydrogen) atoms. The fraction of sp³-hybridized carbons (Fsp3) is 0.375. The number of rotatable bonds is 6. The first-order valence-electron chi connectivity index (χ1n) is 7.52. The normalized spacial score (nSPS) is 14.2. The molecule has 2 aromatic rings. The van der Waals surface area contributed by atoms with E-state index in [-0.39, 0.29) is 35.9 Å². The second-order valence-corrected chi connectivity index (χ2v) is 5.58. The molecule has 0 bridgehead atoms. The molecule has 0 atom stereocenters. The zero-order chi connectivity index (χ0) is 18.0. The van der Waals surface area contributed by atoms with Crippen molar-refractivity contribution in [1.29, 1.82) is 0 Å². The number of benzene rings is 1. The van der Waals surface area contributed by atoms with Gasteiger partial charge in [-0.05, 0) is 37.1 Å². The molecule has 1 fully saturated rings. The van der Waals surface area contributed by atoms with E-state index in [1.807, 2.05) is 0 Å². The summed E-state index contributed by atoms with van der Waals surface area (Å²) in [5, 5.41) is 0. The second-order valence-electron chi connectivity index (χ2n) is 5.58. The zero-order valence-electron chi connectivity index (χ0n) is 13.2. The van der Waals surface area contributed by atoms with Crippen molar-refractivity contribution < 1.29 is 31.9 Å². The highest BCUT2D eigenvalue weighted by molar-refractivity contribution is 5.92. The summed E-state index contributed by atoms with van der Waals surface area (Å²) in [7, 11) is 1.72. The van der Waals surface area contributed by atoms with Crippen molar-refractivity contribution in [3.8, 4) is 11.5 Å². The average Bonchev–Trinajstić information content (AvgIpc) is 3.30. The minimum absolute atomic E-state index is 0.0557. The summed E-state index contributed by atoms with van der Waals surface area (Å²) in [4.78, 5) is 17.8. The Bertz CT molecular complexity index is 739. The summed E-state index contributed by atoms with van der Waals surface area (Å²) in [6, 6.07) is 5.20. The molecule has 1 saturated carbocycles. The summed E-state index contributed by atoms with van der Waals surface area (Å²) < 4.78 is 50.6. The molecule has 1 aliphatic rings. The van der Waals surface area contributed by atoms with Crippen LogP contribution in [0.25, 0.3) is 0 Å². The van der Waals surface area contributed by atoms with Crippen LogP contribution in [0.5, 0.6) is 11.5 Å². The number of alkyl halides is 3. The summed E-state index contributed by atoms with van der Waals surface area (Å²) in [5.41, 5.74) is 0.196. The lowest BCUT2D eigenvalue weighted by molar-refractivity contribution is -0.274. The second kappa shape index (κ2) is 6.66. The lowest BCUT2D eigenvalue weighted by Crippen LogP contribution is -2.29. The van der Waals surface area contributed by atoms with Crippen molar-refractivity contribution in [2.75, 3.05) is 7.05 Å². The van der Waals surface area contributed by atoms with Crippen LogP contribution in [-0.2, 0) is 6.61 Å². The summed E-state index contributed by atoms with van der Waals surface area (Å²) in [5.74, 6) is -0.0445. The van der Waals surface area contributed by atoms with Crippen LogP contribution in [0.4, 0.5) is 13.2 Å². The molecule has 0 unspecified atom stereocenters. The van der Waals surface area contributed by atoms with Crippen LogP contribution in [0.2, 0.25) is 0 Å². The van der Waals surface area contributed by atoms with E-state index in [4.69, 9.17) is 9.15 Å². The number of hydrogen-bond donors (Lipinski definition) is 0. The molecule has 0 spiro atoms. The van der Waals surface area contributed by atoms with Crippen LogP contribution >= 0.6 is 0 Å². The molecule has 6 nitrogen and oxygen atoms in total. The maximum absolute atomic E-state index is 12.1. The van der Waals surface area contributed by atoms with Gasteiger partial charge in [-0.15, -0.1) is 13.2 Å². The standard InChI is InChI=1S/C16H15F3N2O4/c1-21(10-2-3-10)15(22)13-8-24-14(20-13)9-23-11-4-6-12(7-5-11)25-16(17,18)19/h4-8,10H,2-3,9H2,1H3. The summed E-state index contributed by atoms with van der Waals surface area (Å²) >= 11 is 0. The predicted molar refractivity (Wildman–Crippen MR) is 79.1 cm³/mol. The highest BCUT2D eigenvalue weighted by atomic mass is 19.4. The summed E-state index contributed by atoms with van der Waals surface area (Å²) in [6.07, 6.45) is -1.49. The molecule has 1 aromatic heterocycles. The lowest BCUT2D eigenvalue weighted by Gasteiger charge is -2.13. The number of oxazole rings is 1. The number of halogens is 3. The van der Waals surface area contributed by atoms with Crippen molar-refractivity contribution >= 4 is 5.91 Å². The van der Waals surface area contributed by atoms with Gasteiger partial charge in [0, 0.05) is 13.1 Å². The van der Waals surface area contributed by atoms with Gasteiger partial charge in [-0.2, -0.15) is 0 Å². The largest absolute Gasteiger partial charge is 0.573 e. The monoisotopic (exact) mass is 356 g/mol. The van der Waals surface area contributed by atoms with Gasteiger partial charge in [0.25, 0.3) is 5.91 Å². The van der Waals surface area contributed by atoms with Crippen molar-refractivity contribution in [3.63, 3.8) is 0 Å². The number of ether oxygens (including phenoxy) is 2. The van der Waals surface area contributed by atoms with Gasteiger partial charge in [0.05, 0.1) is 0 Å². The predicted octanol–water partition coefficient (Wildman–Crippen LogP) is 3.39. The maximum atomic E-state index is 12.1. The first-order chi connectivity index (χ1) is 11.8. The van der Waals surface area contributed by atoms with Crippen molar-refractivity contribution in [1.82, 2.24) is 9.88 Å². The van der Waals surface area contributed by atoms with Crippen LogP contribution in [0.15, 0.2) is 34.9 Å². The molecule has 1 aromatic carbocycles. The van der Waals surface area contributed by atoms with Gasteiger partial charge >= 0.3 is 6.36 Å². The molecule has 1 heterocycles. The maximum Gasteiger partial charge on any atom is 0.573 e. The highest BCUT2D eigenvalue weighted by Gasteiger charge is 2.32. The van der Waals surface area contributed by atoms with E-state index in [9.17, 15) is 18.0 Å². The fourth-order valence-corrected chi connectivity index (χ4v) is 2.17. The summed E-state index contributed by atoms with van der Waals surface area (Å²) in [6.45, 7) is -0.0557. The molecule has 0 saturated heterocycles. The molecular formula is C16H15F3N2O4. The van der Waals surface area contributed by atoms with Gasteiger partial charge in [0.1, 0.15) is 17.8 Å². The van der Waals surface area contributed by atoms with E-state index < -0.39 is 6.36 Å². The van der Waals surface area contributed by atoms with Gasteiger partial charge in [0.15, 0.2) is 12.3 Å². The molecular weight excluding hydrogens is 341 g/mol. The van der Waals surface area contributed by atoms with Crippen LogP contribution in [0, 0.1) is 0 Å². The number of aromatic nitrogens is 1. The minimum Gasteiger partial charge on any atom is -0.484 e. The number of hydrogen-bond acceptors (Lipinski definition) is 5. The van der Waals surface area contributed by atoms with E-state index >= 15 is 0 Å². The zero-order valence-corrected chi connectivity index (χ0v) is 13.2. The third-order valence-electron chi connectivity index (χ3n) is 3.61. The number of amides is 1. The number of carbonyl (C=O) groups excluding carboxylic acids is 1. The minimum atomic E-state index is -4.74. The Morgan fingerprint density at radius 3 is 2.52 bits per heavy atom. The molecule has 0 N–H and O–H groups in total. The van der Waals surface area contributed by atoms with Crippen molar-refractivity contribution in [2.24, 2.45) is 0 Å². The molecule has 0 aliphatic heterocycles. The SMILES string of the molecule is CN(C(=O)c1coc(COc2ccc(OC(F)(F)F)cc2)n1)C1CC1. The fourth-order valence-electron chi connectivity index (χ4n) is 2.17. The molecule has 3 rings (SSSR count). The Labute approximate surface area is 141 Å². The molecule has 9 heteroatoms. The highest BCUT2D eigenvalue weighted by Crippen LogP contribution is 2.27. The Kier molecular flexibility index (Phi) is 4.56. The van der Waals surface area contributed by atoms with Gasteiger partial charge < -0.3 is 18.8 Å². The van der Waals surface area contributed by atoms with Crippen LogP contribution in [0.1, 0.15) is 29.2 Å². The van der Waals surface area contributed by atoms with Crippen molar-refractivity contribution in [3.05, 3.63) is 42.1 Å². The molecule has 1 amide bonds. The molecule has 1 aliphatic carbocycles. The Morgan fingerprint density at radius 2 is 1.92 bits per heavy atom. The quantitative estimate of drug-likeness (QED) is 0.794. The van der Waals surface area contributed by atoms with Gasteiger partial charge in [0.2, 0.25) is 5.89 Å². The Hall–Kier alpha value is -2.71. The lowest BCUT2D eigenvalue weighted by atomic mass is 10.3. The average molecular weight is 356 g/mol. The van der Waals surface area contributed by atoms with Crippen LogP contribution < -0.4 is 9.47 Å². The van der Waals surface area contributed by atoms with E-state index in [0.717, 1.165) is 25.0 Å². The van der Waals surface area contributed by atoms with E-state index in [2.05, 4.69) is 9.72 Å². The molecule has 0 radical (unpaired) electrons. The van der Waals surface area contributed by atoms with Crippen molar-refractivity contribution in [2.45, 2.75) is 31.9 Å². The van der Waals surface area contributed by atoms with Gasteiger partial charge in [-0.25, -0.2) is 4.98 Å². The van der Waals surface area contributed by atoms with E-state index in [0.29, 0.717) is 5.75 Å². The smallest absolute Gasteiger partial charge is 0.484 e. The number of nitrogens with zero attached hydrogens (tertiary/aromatic N) is 2. The third-order valence-corrected chi connectivity index (χ3v) is 3.61. The number of carbonyl (C=O) groups is 1. The first kappa shape index (κ1) is 17.1. The third kappa shape index (κ3) is 4.65. The Balaban J connectivity index is 1.54. The first-order valence-corrected chi connectivity index (χ1v) is 7.52. The topological polar surface area (TPSA) is 64.8 Å². The van der Waals surface area contributed by atoms with E-state index in [1.165, 1.54) is 18.4 Å². The molecule has 134 valence electrons. The van der Waals surface area contributed by atoms with Gasteiger partial charge in [-0.1, -0.05) is 0 Å². The Morgan fingerprint density at radius 1 is 1.28 bits per heavy atom. The van der Waals surface area contributed by atoms with Gasteiger partial charge in [-0.3, -0.25) is 4.79 Å². The van der Waals surface area contributed by atoms with E-state index in [1.54, 1.807) is 11.9 Å².